The van der Waals surface area contributed by atoms with E-state index in [9.17, 15) is 4.79 Å². The van der Waals surface area contributed by atoms with Crippen LogP contribution >= 0.6 is 0 Å². The first kappa shape index (κ1) is 18.4. The fourth-order valence-electron chi connectivity index (χ4n) is 3.22. The number of ketones is 1. The van der Waals surface area contributed by atoms with Gasteiger partial charge in [0.15, 0.2) is 5.78 Å². The summed E-state index contributed by atoms with van der Waals surface area (Å²) in [6, 6.07) is 13.8. The number of nitrogens with one attached hydrogen (secondary N) is 1. The van der Waals surface area contributed by atoms with Crippen molar-refractivity contribution < 1.29 is 19.2 Å². The fourth-order valence-corrected chi connectivity index (χ4v) is 3.22. The molecule has 2 aromatic carbocycles. The van der Waals surface area contributed by atoms with Gasteiger partial charge in [0.1, 0.15) is 25.4 Å². The van der Waals surface area contributed by atoms with Gasteiger partial charge in [0.2, 0.25) is 0 Å². The molecule has 0 saturated carbocycles. The zero-order valence-electron chi connectivity index (χ0n) is 15.5. The molecule has 2 aromatic rings. The summed E-state index contributed by atoms with van der Waals surface area (Å²) in [5, 5.41) is 0. The minimum atomic E-state index is 0.00684. The second kappa shape index (κ2) is 8.79. The number of hydrogen-bond donors (Lipinski definition) is 1. The molecule has 1 heterocycles. The van der Waals surface area contributed by atoms with E-state index in [0.29, 0.717) is 5.56 Å². The molecule has 0 aromatic heterocycles. The molecule has 1 N–H and O–H groups in total. The van der Waals surface area contributed by atoms with E-state index in [1.807, 2.05) is 49.4 Å². The molecular weight excluding hydrogens is 326 g/mol. The van der Waals surface area contributed by atoms with Crippen molar-refractivity contribution in [1.82, 2.24) is 0 Å². The van der Waals surface area contributed by atoms with Crippen molar-refractivity contribution in [2.75, 3.05) is 33.4 Å². The SMILES string of the molecule is COc1ccc(C(=O)/C=C/c2cccc(C)c2)cc1C[NH+]1CCOCC1. The number of allylic oxidation sites excluding steroid dienone is 1. The van der Waals surface area contributed by atoms with Crippen LogP contribution in [0.15, 0.2) is 48.5 Å². The van der Waals surface area contributed by atoms with Crippen LogP contribution in [0.5, 0.6) is 5.75 Å². The Labute approximate surface area is 155 Å². The predicted molar refractivity (Wildman–Crippen MR) is 103 cm³/mol. The maximum Gasteiger partial charge on any atom is 0.185 e. The van der Waals surface area contributed by atoms with Gasteiger partial charge in [-0.2, -0.15) is 0 Å². The van der Waals surface area contributed by atoms with Gasteiger partial charge < -0.3 is 14.4 Å². The first-order chi connectivity index (χ1) is 12.7. The van der Waals surface area contributed by atoms with Gasteiger partial charge in [0.05, 0.1) is 20.3 Å². The minimum Gasteiger partial charge on any atom is -0.496 e. The highest BCUT2D eigenvalue weighted by molar-refractivity contribution is 6.07. The van der Waals surface area contributed by atoms with Crippen LogP contribution in [0.1, 0.15) is 27.0 Å². The van der Waals surface area contributed by atoms with Crippen molar-refractivity contribution in [3.8, 4) is 5.75 Å². The lowest BCUT2D eigenvalue weighted by Crippen LogP contribution is -3.12. The van der Waals surface area contributed by atoms with E-state index in [1.165, 1.54) is 10.5 Å². The van der Waals surface area contributed by atoms with Gasteiger partial charge in [0, 0.05) is 11.1 Å². The summed E-state index contributed by atoms with van der Waals surface area (Å²) in [5.74, 6) is 0.843. The van der Waals surface area contributed by atoms with Gasteiger partial charge in [-0.3, -0.25) is 4.79 Å². The maximum atomic E-state index is 12.6. The topological polar surface area (TPSA) is 40.0 Å². The molecular formula is C22H26NO3+. The number of quaternary nitrogens is 1. The van der Waals surface area contributed by atoms with Crippen LogP contribution in [0.25, 0.3) is 6.08 Å². The smallest absolute Gasteiger partial charge is 0.185 e. The van der Waals surface area contributed by atoms with Crippen LogP contribution < -0.4 is 9.64 Å². The van der Waals surface area contributed by atoms with Crippen molar-refractivity contribution in [3.63, 3.8) is 0 Å². The molecule has 0 amide bonds. The van der Waals surface area contributed by atoms with E-state index in [4.69, 9.17) is 9.47 Å². The lowest BCUT2D eigenvalue weighted by molar-refractivity contribution is -0.921. The third kappa shape index (κ3) is 4.81. The average molecular weight is 352 g/mol. The summed E-state index contributed by atoms with van der Waals surface area (Å²) in [6.07, 6.45) is 3.51. The summed E-state index contributed by atoms with van der Waals surface area (Å²) in [5.41, 5.74) is 3.97. The van der Waals surface area contributed by atoms with E-state index < -0.39 is 0 Å². The van der Waals surface area contributed by atoms with Gasteiger partial charge in [-0.05, 0) is 36.8 Å². The second-order valence-corrected chi connectivity index (χ2v) is 6.68. The lowest BCUT2D eigenvalue weighted by Gasteiger charge is -2.24. The van der Waals surface area contributed by atoms with Crippen LogP contribution in [-0.2, 0) is 11.3 Å². The number of morpholine rings is 1. The number of hydrogen-bond acceptors (Lipinski definition) is 3. The maximum absolute atomic E-state index is 12.6. The summed E-state index contributed by atoms with van der Waals surface area (Å²) in [4.78, 5) is 14.0. The molecule has 1 aliphatic heterocycles. The van der Waals surface area contributed by atoms with Gasteiger partial charge in [0.25, 0.3) is 0 Å². The van der Waals surface area contributed by atoms with Gasteiger partial charge in [-0.15, -0.1) is 0 Å². The van der Waals surface area contributed by atoms with Gasteiger partial charge >= 0.3 is 0 Å². The summed E-state index contributed by atoms with van der Waals surface area (Å²) in [7, 11) is 1.67. The van der Waals surface area contributed by atoms with Gasteiger partial charge in [-0.25, -0.2) is 0 Å². The number of rotatable bonds is 6. The monoisotopic (exact) mass is 352 g/mol. The Morgan fingerprint density at radius 2 is 2.00 bits per heavy atom. The molecule has 3 rings (SSSR count). The first-order valence-corrected chi connectivity index (χ1v) is 9.03. The molecule has 0 aliphatic carbocycles. The number of methoxy groups -OCH3 is 1. The Balaban J connectivity index is 1.76. The highest BCUT2D eigenvalue weighted by Gasteiger charge is 2.17. The third-order valence-electron chi connectivity index (χ3n) is 4.67. The van der Waals surface area contributed by atoms with Gasteiger partial charge in [-0.1, -0.05) is 35.9 Å². The highest BCUT2D eigenvalue weighted by Crippen LogP contribution is 2.20. The zero-order chi connectivity index (χ0) is 18.4. The van der Waals surface area contributed by atoms with Crippen LogP contribution in [0.3, 0.4) is 0 Å². The molecule has 1 fully saturated rings. The van der Waals surface area contributed by atoms with E-state index in [-0.39, 0.29) is 5.78 Å². The van der Waals surface area contributed by atoms with E-state index in [2.05, 4.69) is 6.07 Å². The molecule has 1 saturated heterocycles. The van der Waals surface area contributed by atoms with Crippen molar-refractivity contribution in [3.05, 3.63) is 70.8 Å². The van der Waals surface area contributed by atoms with Crippen molar-refractivity contribution in [2.24, 2.45) is 0 Å². The highest BCUT2D eigenvalue weighted by atomic mass is 16.5. The molecule has 26 heavy (non-hydrogen) atoms. The Bertz CT molecular complexity index is 792. The van der Waals surface area contributed by atoms with E-state index >= 15 is 0 Å². The Hall–Kier alpha value is -2.43. The lowest BCUT2D eigenvalue weighted by atomic mass is 10.0. The first-order valence-electron chi connectivity index (χ1n) is 9.03. The number of benzene rings is 2. The van der Waals surface area contributed by atoms with Crippen LogP contribution in [0.4, 0.5) is 0 Å². The molecule has 0 radical (unpaired) electrons. The molecule has 136 valence electrons. The Morgan fingerprint density at radius 1 is 1.19 bits per heavy atom. The third-order valence-corrected chi connectivity index (χ3v) is 4.67. The number of ether oxygens (including phenoxy) is 2. The molecule has 4 heteroatoms. The Kier molecular flexibility index (Phi) is 6.21. The predicted octanol–water partition coefficient (Wildman–Crippen LogP) is 2.31. The van der Waals surface area contributed by atoms with Crippen LogP contribution in [0.2, 0.25) is 0 Å². The van der Waals surface area contributed by atoms with Crippen LogP contribution in [0, 0.1) is 6.92 Å². The number of aryl methyl sites for hydroxylation is 1. The van der Waals surface area contributed by atoms with Crippen molar-refractivity contribution >= 4 is 11.9 Å². The quantitative estimate of drug-likeness (QED) is 0.641. The zero-order valence-corrected chi connectivity index (χ0v) is 15.5. The second-order valence-electron chi connectivity index (χ2n) is 6.68. The van der Waals surface area contributed by atoms with Crippen molar-refractivity contribution in [1.29, 1.82) is 0 Å². The summed E-state index contributed by atoms with van der Waals surface area (Å²) in [6.45, 7) is 6.42. The largest absolute Gasteiger partial charge is 0.496 e. The number of carbonyl (C=O) groups excluding carboxylic acids is 1. The Morgan fingerprint density at radius 3 is 2.73 bits per heavy atom. The average Bonchev–Trinajstić information content (AvgIpc) is 2.67. The summed E-state index contributed by atoms with van der Waals surface area (Å²) >= 11 is 0. The van der Waals surface area contributed by atoms with E-state index in [1.54, 1.807) is 13.2 Å². The number of carbonyl (C=O) groups is 1. The van der Waals surface area contributed by atoms with E-state index in [0.717, 1.165) is 49.7 Å². The summed E-state index contributed by atoms with van der Waals surface area (Å²) < 4.78 is 10.9. The minimum absolute atomic E-state index is 0.00684. The van der Waals surface area contributed by atoms with Crippen LogP contribution in [-0.4, -0.2) is 39.2 Å². The van der Waals surface area contributed by atoms with Crippen molar-refractivity contribution in [2.45, 2.75) is 13.5 Å². The standard InChI is InChI=1S/C22H25NO3/c1-17-4-3-5-18(14-17)6-8-21(24)19-7-9-22(25-2)20(15-19)16-23-10-12-26-13-11-23/h3-9,14-15H,10-13,16H2,1-2H3/p+1/b8-6+. The molecule has 0 spiro atoms. The molecule has 0 atom stereocenters. The molecule has 0 unspecified atom stereocenters. The molecule has 0 bridgehead atoms. The normalized spacial score (nSPS) is 15.3. The fraction of sp³-hybridized carbons (Fsp3) is 0.318. The molecule has 1 aliphatic rings. The molecule has 4 nitrogen and oxygen atoms in total.